The molecule has 0 amide bonds. The van der Waals surface area contributed by atoms with Gasteiger partial charge in [0.15, 0.2) is 6.10 Å². The van der Waals surface area contributed by atoms with Gasteiger partial charge < -0.3 is 24.2 Å². The van der Waals surface area contributed by atoms with Crippen LogP contribution in [0.15, 0.2) is 122 Å². The Morgan fingerprint density at radius 3 is 1.08 bits per heavy atom. The van der Waals surface area contributed by atoms with Crippen molar-refractivity contribution in [2.45, 2.75) is 213 Å². The number of rotatable bonds is 49. The summed E-state index contributed by atoms with van der Waals surface area (Å²) in [5, 5.41) is 9.77. The highest BCUT2D eigenvalue weighted by atomic mass is 31.2. The fraction of sp³-hybridized carbons (Fsp3) is 0.617. The SMILES string of the molecule is CC/C=C\C/C=C\C/C=C\C/C=C\C/C=C\C/C=C\CCC(=O)OC(COC(=O)CCCCCCCCCCCCCCC)COP(=O)(O)OCC(CO)OC(=O)CC/C=C\C/C=C\C/C=C\C/C=C\CC. The highest BCUT2D eigenvalue weighted by Gasteiger charge is 2.28. The monoisotopic (exact) mass is 1020 g/mol. The minimum atomic E-state index is -4.79. The first kappa shape index (κ1) is 67.9. The summed E-state index contributed by atoms with van der Waals surface area (Å²) in [5.41, 5.74) is 0. The lowest BCUT2D eigenvalue weighted by molar-refractivity contribution is -0.161. The van der Waals surface area contributed by atoms with E-state index in [-0.39, 0.29) is 25.9 Å². The summed E-state index contributed by atoms with van der Waals surface area (Å²) in [5.74, 6) is -1.66. The summed E-state index contributed by atoms with van der Waals surface area (Å²) in [6.45, 7) is 4.22. The van der Waals surface area contributed by atoms with Crippen molar-refractivity contribution >= 4 is 25.7 Å². The molecule has 0 aromatic rings. The average Bonchev–Trinajstić information content (AvgIpc) is 3.37. The second-order valence-electron chi connectivity index (χ2n) is 17.6. The third-order valence-corrected chi connectivity index (χ3v) is 11.9. The molecule has 0 radical (unpaired) electrons. The third kappa shape index (κ3) is 50.8. The number of hydrogen-bond donors (Lipinski definition) is 2. The molecule has 0 saturated heterocycles. The lowest BCUT2D eigenvalue weighted by atomic mass is 10.0. The zero-order valence-electron chi connectivity index (χ0n) is 44.8. The molecule has 3 unspecified atom stereocenters. The van der Waals surface area contributed by atoms with Gasteiger partial charge in [-0.1, -0.05) is 219 Å². The number of ether oxygens (including phenoxy) is 3. The van der Waals surface area contributed by atoms with Crippen molar-refractivity contribution in [2.24, 2.45) is 0 Å². The summed E-state index contributed by atoms with van der Waals surface area (Å²) in [6.07, 6.45) is 64.8. The minimum Gasteiger partial charge on any atom is -0.462 e. The molecule has 0 heterocycles. The van der Waals surface area contributed by atoms with Crippen LogP contribution < -0.4 is 0 Å². The Kier molecular flexibility index (Phi) is 50.1. The quantitative estimate of drug-likeness (QED) is 0.0197. The first-order valence-corrected chi connectivity index (χ1v) is 28.9. The van der Waals surface area contributed by atoms with Crippen LogP contribution in [-0.2, 0) is 42.2 Å². The molecule has 3 atom stereocenters. The maximum Gasteiger partial charge on any atom is 0.472 e. The van der Waals surface area contributed by atoms with E-state index in [9.17, 15) is 28.9 Å². The number of esters is 3. The molecular weight excluding hydrogens is 928 g/mol. The molecule has 0 saturated carbocycles. The van der Waals surface area contributed by atoms with Crippen LogP contribution in [0.3, 0.4) is 0 Å². The number of phosphoric ester groups is 1. The predicted molar refractivity (Wildman–Crippen MR) is 297 cm³/mol. The van der Waals surface area contributed by atoms with E-state index in [1.54, 1.807) is 0 Å². The van der Waals surface area contributed by atoms with Gasteiger partial charge in [-0.2, -0.15) is 0 Å². The van der Waals surface area contributed by atoms with E-state index in [1.807, 2.05) is 30.4 Å². The van der Waals surface area contributed by atoms with Gasteiger partial charge in [-0.25, -0.2) is 4.57 Å². The number of hydrogen-bond acceptors (Lipinski definition) is 10. The maximum absolute atomic E-state index is 12.9. The van der Waals surface area contributed by atoms with E-state index >= 15 is 0 Å². The Hall–Kier alpha value is -4.12. The fourth-order valence-electron chi connectivity index (χ4n) is 6.81. The zero-order valence-corrected chi connectivity index (χ0v) is 45.7. The van der Waals surface area contributed by atoms with E-state index in [1.165, 1.54) is 57.8 Å². The average molecular weight is 1030 g/mol. The van der Waals surface area contributed by atoms with Crippen LogP contribution in [0, 0.1) is 0 Å². The highest BCUT2D eigenvalue weighted by molar-refractivity contribution is 7.47. The first-order valence-electron chi connectivity index (χ1n) is 27.4. The summed E-state index contributed by atoms with van der Waals surface area (Å²) in [7, 11) is -4.79. The van der Waals surface area contributed by atoms with E-state index in [0.29, 0.717) is 25.7 Å². The largest absolute Gasteiger partial charge is 0.472 e. The van der Waals surface area contributed by atoms with E-state index in [0.717, 1.165) is 77.0 Å². The Balaban J connectivity index is 4.92. The predicted octanol–water partition coefficient (Wildman–Crippen LogP) is 16.0. The van der Waals surface area contributed by atoms with Crippen LogP contribution in [0.25, 0.3) is 0 Å². The van der Waals surface area contributed by atoms with Crippen molar-refractivity contribution in [3.05, 3.63) is 122 Å². The molecule has 408 valence electrons. The number of allylic oxidation sites excluding steroid dienone is 20. The molecule has 0 aliphatic carbocycles. The Bertz CT molecular complexity index is 1670. The normalized spacial score (nSPS) is 14.3. The molecular formula is C60H97O11P. The van der Waals surface area contributed by atoms with Gasteiger partial charge in [0.1, 0.15) is 12.7 Å². The molecule has 2 N–H and O–H groups in total. The number of carbonyl (C=O) groups excluding carboxylic acids is 3. The van der Waals surface area contributed by atoms with Crippen LogP contribution in [0.5, 0.6) is 0 Å². The van der Waals surface area contributed by atoms with Crippen molar-refractivity contribution in [3.8, 4) is 0 Å². The van der Waals surface area contributed by atoms with Crippen molar-refractivity contribution in [2.75, 3.05) is 26.4 Å². The molecule has 0 aliphatic heterocycles. The zero-order chi connectivity index (χ0) is 52.7. The van der Waals surface area contributed by atoms with Crippen molar-refractivity contribution in [1.82, 2.24) is 0 Å². The Labute approximate surface area is 437 Å². The molecule has 0 bridgehead atoms. The number of aliphatic hydroxyl groups is 1. The molecule has 11 nitrogen and oxygen atoms in total. The molecule has 0 rings (SSSR count). The number of aliphatic hydroxyl groups excluding tert-OH is 1. The smallest absolute Gasteiger partial charge is 0.462 e. The first-order chi connectivity index (χ1) is 35.2. The fourth-order valence-corrected chi connectivity index (χ4v) is 7.59. The van der Waals surface area contributed by atoms with Crippen molar-refractivity contribution in [1.29, 1.82) is 0 Å². The van der Waals surface area contributed by atoms with E-state index < -0.39 is 57.8 Å². The van der Waals surface area contributed by atoms with E-state index in [2.05, 4.69) is 112 Å². The summed E-state index contributed by atoms with van der Waals surface area (Å²) < 4.78 is 39.2. The molecule has 0 fully saturated rings. The Morgan fingerprint density at radius 2 is 0.722 bits per heavy atom. The molecule has 72 heavy (non-hydrogen) atoms. The minimum absolute atomic E-state index is 0.0324. The van der Waals surface area contributed by atoms with Crippen LogP contribution in [0.4, 0.5) is 0 Å². The third-order valence-electron chi connectivity index (χ3n) is 10.9. The van der Waals surface area contributed by atoms with Gasteiger partial charge in [0.25, 0.3) is 0 Å². The summed E-state index contributed by atoms with van der Waals surface area (Å²) in [6, 6.07) is 0. The van der Waals surface area contributed by atoms with Crippen LogP contribution in [-0.4, -0.2) is 66.5 Å². The molecule has 0 aromatic carbocycles. The van der Waals surface area contributed by atoms with Gasteiger partial charge in [-0.3, -0.25) is 23.4 Å². The second-order valence-corrected chi connectivity index (χ2v) is 19.1. The number of unbranched alkanes of at least 4 members (excludes halogenated alkanes) is 12. The summed E-state index contributed by atoms with van der Waals surface area (Å²) >= 11 is 0. The molecule has 0 aliphatic rings. The van der Waals surface area contributed by atoms with E-state index in [4.69, 9.17) is 23.3 Å². The maximum atomic E-state index is 12.9. The Morgan fingerprint density at radius 1 is 0.403 bits per heavy atom. The van der Waals surface area contributed by atoms with Crippen LogP contribution in [0.1, 0.15) is 201 Å². The standard InChI is InChI=1S/C60H97O11P/c1-4-7-10-13-16-19-22-25-26-27-28-29-30-33-36-39-42-45-48-51-60(64)71-57(53-67-58(62)49-46-43-40-37-34-31-23-20-17-14-11-8-5-2)55-69-72(65,66)68-54-56(52-61)70-59(63)50-47-44-41-38-35-32-24-21-18-15-12-9-6-3/h7,9-10,12,16,18-19,21,25-26,28-29,32-33,35-36,41-42,44-45,56-57,61H,4-6,8,11,13-15,17,20,22-24,27,30-31,34,37-40,43,46-55H2,1-3H3,(H,65,66)/b10-7-,12-9-,19-16-,21-18-,26-25-,29-28-,35-32-,36-33-,44-41-,45-42-. The van der Waals surface area contributed by atoms with Gasteiger partial charge in [0.2, 0.25) is 0 Å². The number of phosphoric acid groups is 1. The van der Waals surface area contributed by atoms with Crippen molar-refractivity contribution in [3.63, 3.8) is 0 Å². The van der Waals surface area contributed by atoms with Gasteiger partial charge in [0.05, 0.1) is 19.8 Å². The lowest BCUT2D eigenvalue weighted by Crippen LogP contribution is -2.30. The van der Waals surface area contributed by atoms with Crippen LogP contribution in [0.2, 0.25) is 0 Å². The van der Waals surface area contributed by atoms with Gasteiger partial charge in [-0.05, 0) is 83.5 Å². The van der Waals surface area contributed by atoms with Crippen LogP contribution >= 0.6 is 7.82 Å². The topological polar surface area (TPSA) is 155 Å². The summed E-state index contributed by atoms with van der Waals surface area (Å²) in [4.78, 5) is 48.3. The molecule has 12 heteroatoms. The highest BCUT2D eigenvalue weighted by Crippen LogP contribution is 2.43. The van der Waals surface area contributed by atoms with Gasteiger partial charge in [0, 0.05) is 19.3 Å². The second kappa shape index (κ2) is 53.2. The van der Waals surface area contributed by atoms with Crippen molar-refractivity contribution < 1.29 is 52.2 Å². The van der Waals surface area contributed by atoms with Gasteiger partial charge in [-0.15, -0.1) is 0 Å². The lowest BCUT2D eigenvalue weighted by Gasteiger charge is -2.21. The molecule has 0 aromatic heterocycles. The van der Waals surface area contributed by atoms with Gasteiger partial charge >= 0.3 is 25.7 Å². The molecule has 0 spiro atoms. The number of carbonyl (C=O) groups is 3.